The topological polar surface area (TPSA) is 47.0 Å². The molecule has 1 unspecified atom stereocenters. The molecule has 0 aliphatic carbocycles. The summed E-state index contributed by atoms with van der Waals surface area (Å²) in [4.78, 5) is 1.22. The molecule has 0 radical (unpaired) electrons. The fraction of sp³-hybridized carbons (Fsp3) is 0.267. The largest absolute Gasteiger partial charge is 0.491 e. The van der Waals surface area contributed by atoms with Gasteiger partial charge in [0.05, 0.1) is 6.26 Å². The van der Waals surface area contributed by atoms with Crippen LogP contribution in [0.5, 0.6) is 5.75 Å². The van der Waals surface area contributed by atoms with Crippen molar-refractivity contribution >= 4 is 0 Å². The number of ether oxygens (including phenoxy) is 1. The highest BCUT2D eigenvalue weighted by Gasteiger charge is 2.23. The van der Waals surface area contributed by atoms with Crippen LogP contribution in [0.4, 0.5) is 0 Å². The lowest BCUT2D eigenvalue weighted by Gasteiger charge is -2.26. The van der Waals surface area contributed by atoms with Crippen molar-refractivity contribution in [1.29, 1.82) is 0 Å². The molecule has 0 bridgehead atoms. The zero-order valence-corrected chi connectivity index (χ0v) is 20.0. The van der Waals surface area contributed by atoms with Crippen molar-refractivity contribution in [2.45, 2.75) is 38.5 Å². The molecule has 176 valence electrons. The van der Waals surface area contributed by atoms with E-state index in [1.165, 1.54) is 21.6 Å². The van der Waals surface area contributed by atoms with Gasteiger partial charge in [-0.3, -0.25) is 0 Å². The van der Waals surface area contributed by atoms with E-state index in [-0.39, 0.29) is 12.0 Å². The highest BCUT2D eigenvalue weighted by molar-refractivity contribution is 5.39. The average Bonchev–Trinajstić information content (AvgIpc) is 3.37. The first kappa shape index (κ1) is 23.8. The van der Waals surface area contributed by atoms with Crippen LogP contribution in [-0.4, -0.2) is 24.4 Å². The first-order chi connectivity index (χ1) is 16.5. The summed E-state index contributed by atoms with van der Waals surface area (Å²) < 4.78 is 11.5. The van der Waals surface area contributed by atoms with Gasteiger partial charge in [-0.2, -0.15) is 0 Å². The second-order valence-electron chi connectivity index (χ2n) is 9.35. The van der Waals surface area contributed by atoms with Gasteiger partial charge in [-0.25, -0.2) is 0 Å². The predicted octanol–water partition coefficient (Wildman–Crippen LogP) is 4.63. The smallest absolute Gasteiger partial charge is 0.157 e. The van der Waals surface area contributed by atoms with Crippen molar-refractivity contribution < 1.29 is 19.2 Å². The fourth-order valence-electron chi connectivity index (χ4n) is 4.32. The van der Waals surface area contributed by atoms with E-state index < -0.39 is 6.10 Å². The van der Waals surface area contributed by atoms with Crippen molar-refractivity contribution in [3.63, 3.8) is 0 Å². The summed E-state index contributed by atoms with van der Waals surface area (Å²) in [5, 5.41) is 10.7. The Balaban J connectivity index is 1.34. The second kappa shape index (κ2) is 11.2. The normalized spacial score (nSPS) is 13.4. The minimum atomic E-state index is -0.589. The maximum atomic E-state index is 10.7. The van der Waals surface area contributed by atoms with Crippen LogP contribution in [-0.2, 0) is 18.5 Å². The maximum absolute atomic E-state index is 10.7. The summed E-state index contributed by atoms with van der Waals surface area (Å²) in [6.45, 7) is 6.78. The Kier molecular flexibility index (Phi) is 7.84. The Labute approximate surface area is 202 Å². The Morgan fingerprint density at radius 1 is 0.794 bits per heavy atom. The number of hydrogen-bond acceptors (Lipinski definition) is 3. The summed E-state index contributed by atoms with van der Waals surface area (Å²) in [7, 11) is 0. The van der Waals surface area contributed by atoms with Gasteiger partial charge in [0.15, 0.2) is 5.76 Å². The zero-order chi connectivity index (χ0) is 23.8. The lowest BCUT2D eigenvalue weighted by Crippen LogP contribution is -3.10. The molecule has 2 atom stereocenters. The minimum absolute atomic E-state index is 0.0908. The molecule has 34 heavy (non-hydrogen) atoms. The number of rotatable bonds is 11. The van der Waals surface area contributed by atoms with Gasteiger partial charge in [-0.15, -0.1) is 0 Å². The molecule has 0 spiro atoms. The third kappa shape index (κ3) is 6.37. The monoisotopic (exact) mass is 456 g/mol. The first-order valence-corrected chi connectivity index (χ1v) is 11.9. The summed E-state index contributed by atoms with van der Waals surface area (Å²) >= 11 is 0. The lowest BCUT2D eigenvalue weighted by atomic mass is 9.78. The predicted molar refractivity (Wildman–Crippen MR) is 135 cm³/mol. The van der Waals surface area contributed by atoms with E-state index in [1.807, 2.05) is 48.5 Å². The summed E-state index contributed by atoms with van der Waals surface area (Å²) in [6, 6.07) is 32.9. The van der Waals surface area contributed by atoms with Crippen molar-refractivity contribution in [1.82, 2.24) is 0 Å². The number of aliphatic hydroxyl groups is 1. The van der Waals surface area contributed by atoms with Crippen LogP contribution in [0.3, 0.4) is 0 Å². The van der Waals surface area contributed by atoms with E-state index >= 15 is 0 Å². The van der Waals surface area contributed by atoms with Crippen LogP contribution >= 0.6 is 0 Å². The third-order valence-corrected chi connectivity index (χ3v) is 6.34. The van der Waals surface area contributed by atoms with E-state index in [1.54, 1.807) is 6.26 Å². The molecular weight excluding hydrogens is 422 g/mol. The molecule has 0 saturated heterocycles. The molecular formula is C30H34NO3+. The number of hydrogen-bond donors (Lipinski definition) is 2. The molecule has 0 aliphatic rings. The molecule has 1 aromatic heterocycles. The highest BCUT2D eigenvalue weighted by Crippen LogP contribution is 2.32. The molecule has 4 heteroatoms. The Morgan fingerprint density at radius 2 is 1.44 bits per heavy atom. The molecule has 0 aliphatic heterocycles. The van der Waals surface area contributed by atoms with Crippen molar-refractivity contribution in [2.24, 2.45) is 0 Å². The quantitative estimate of drug-likeness (QED) is 0.346. The number of benzene rings is 3. The number of quaternary nitrogens is 1. The molecule has 2 N–H and O–H groups in total. The van der Waals surface area contributed by atoms with Crippen molar-refractivity contribution in [3.8, 4) is 5.75 Å². The minimum Gasteiger partial charge on any atom is -0.491 e. The molecule has 1 heterocycles. The second-order valence-corrected chi connectivity index (χ2v) is 9.35. The third-order valence-electron chi connectivity index (χ3n) is 6.34. The van der Waals surface area contributed by atoms with E-state index in [4.69, 9.17) is 9.15 Å². The van der Waals surface area contributed by atoms with Gasteiger partial charge >= 0.3 is 0 Å². The van der Waals surface area contributed by atoms with Crippen LogP contribution in [0, 0.1) is 0 Å². The Bertz CT molecular complexity index is 1110. The zero-order valence-electron chi connectivity index (χ0n) is 20.0. The van der Waals surface area contributed by atoms with Crippen LogP contribution in [0.25, 0.3) is 0 Å². The maximum Gasteiger partial charge on any atom is 0.157 e. The molecule has 3 aromatic carbocycles. The van der Waals surface area contributed by atoms with Gasteiger partial charge < -0.3 is 19.2 Å². The number of furan rings is 1. The summed E-state index contributed by atoms with van der Waals surface area (Å²) in [5.41, 5.74) is 3.64. The molecule has 0 fully saturated rings. The molecule has 4 aromatic rings. The fourth-order valence-corrected chi connectivity index (χ4v) is 4.32. The van der Waals surface area contributed by atoms with E-state index in [2.05, 4.69) is 62.4 Å². The number of aliphatic hydroxyl groups excluding tert-OH is 1. The van der Waals surface area contributed by atoms with Gasteiger partial charge in [0.2, 0.25) is 0 Å². The molecule has 0 amide bonds. The van der Waals surface area contributed by atoms with Crippen LogP contribution in [0.2, 0.25) is 0 Å². The van der Waals surface area contributed by atoms with Gasteiger partial charge in [0.1, 0.15) is 38.1 Å². The standard InChI is InChI=1S/C30H33NO3/c1-30(2,25-12-7-4-8-13-25)26-15-17-28(18-16-26)34-23-27(32)21-31(22-29-14-9-19-33-29)20-24-10-5-3-6-11-24/h3-19,27,32H,20-23H2,1-2H3/p+1/t27-/m0/s1. The summed E-state index contributed by atoms with van der Waals surface area (Å²) in [6.07, 6.45) is 1.10. The van der Waals surface area contributed by atoms with Crippen LogP contribution in [0.15, 0.2) is 108 Å². The molecule has 0 saturated carbocycles. The molecule has 4 rings (SSSR count). The van der Waals surface area contributed by atoms with Crippen LogP contribution < -0.4 is 9.64 Å². The van der Waals surface area contributed by atoms with Crippen molar-refractivity contribution in [3.05, 3.63) is 126 Å². The molecule has 4 nitrogen and oxygen atoms in total. The lowest BCUT2D eigenvalue weighted by molar-refractivity contribution is -0.931. The Hall–Kier alpha value is -3.34. The summed E-state index contributed by atoms with van der Waals surface area (Å²) in [5.74, 6) is 1.68. The van der Waals surface area contributed by atoms with Crippen molar-refractivity contribution in [2.75, 3.05) is 13.2 Å². The Morgan fingerprint density at radius 3 is 2.09 bits per heavy atom. The van der Waals surface area contributed by atoms with Gasteiger partial charge in [-0.05, 0) is 35.4 Å². The number of nitrogens with one attached hydrogen (secondary N) is 1. The van der Waals surface area contributed by atoms with Gasteiger partial charge in [0, 0.05) is 11.0 Å². The average molecular weight is 457 g/mol. The van der Waals surface area contributed by atoms with Gasteiger partial charge in [0.25, 0.3) is 0 Å². The SMILES string of the molecule is CC(C)(c1ccccc1)c1ccc(OC[C@@H](O)C[NH+](Cc2ccccc2)Cc2ccco2)cc1. The van der Waals surface area contributed by atoms with E-state index in [0.717, 1.165) is 18.1 Å². The van der Waals surface area contributed by atoms with E-state index in [9.17, 15) is 5.11 Å². The van der Waals surface area contributed by atoms with Gasteiger partial charge in [-0.1, -0.05) is 86.6 Å². The van der Waals surface area contributed by atoms with E-state index in [0.29, 0.717) is 13.1 Å². The highest BCUT2D eigenvalue weighted by atomic mass is 16.5. The first-order valence-electron chi connectivity index (χ1n) is 11.9. The van der Waals surface area contributed by atoms with Crippen LogP contribution in [0.1, 0.15) is 36.3 Å².